The van der Waals surface area contributed by atoms with Gasteiger partial charge in [-0.3, -0.25) is 0 Å². The first kappa shape index (κ1) is 1.94. The van der Waals surface area contributed by atoms with Crippen LogP contribution >= 0.6 is 0 Å². The highest BCUT2D eigenvalue weighted by Gasteiger charge is 1.47. The minimum Gasteiger partial charge on any atom is -0.313 e. The molecule has 0 atom stereocenters. The van der Waals surface area contributed by atoms with Gasteiger partial charge in [-0.05, 0) is 12.6 Å². The van der Waals surface area contributed by atoms with E-state index in [0.29, 0.717) is 0 Å². The molecule has 1 N–H and O–H groups in total. The van der Waals surface area contributed by atoms with Gasteiger partial charge in [0.2, 0.25) is 0 Å². The van der Waals surface area contributed by atoms with Crippen LogP contribution in [0.3, 0.4) is 0 Å². The molecule has 0 heterocycles. The highest BCUT2D eigenvalue weighted by atomic mass is 14.3. The first-order valence-corrected chi connectivity index (χ1v) is 1.37. The lowest BCUT2D eigenvalue weighted by molar-refractivity contribution is 1.30. The van der Waals surface area contributed by atoms with Gasteiger partial charge in [-0.25, -0.2) is 0 Å². The lowest BCUT2D eigenvalue weighted by atomic mass is 10.6. The molecule has 1 nitrogen and oxygen atoms in total. The smallest absolute Gasteiger partial charge is 0.186 e. The van der Waals surface area contributed by atoms with Crippen LogP contribution in [0.4, 0.5) is 0 Å². The van der Waals surface area contributed by atoms with Crippen LogP contribution in [0.2, 0.25) is 1.41 Å². The summed E-state index contributed by atoms with van der Waals surface area (Å²) in [6.07, 6.45) is 2.41. The Balaban J connectivity index is 2.62. The van der Waals surface area contributed by atoms with Gasteiger partial charge >= 0.3 is 0 Å². The zero-order chi connectivity index (χ0) is 4.12. The fourth-order valence-electron chi connectivity index (χ4n) is 0. The highest BCUT2D eigenvalue weighted by Crippen LogP contribution is 1.54. The Labute approximate surface area is 27.6 Å². The normalized spacial score (nSPS) is 12.8. The fraction of sp³-hybridized carbons (Fsp3) is 0.667. The van der Waals surface area contributed by atoms with Crippen molar-refractivity contribution in [3.63, 3.8) is 0 Å². The van der Waals surface area contributed by atoms with Gasteiger partial charge in [-0.2, -0.15) is 0 Å². The molecule has 0 radical (unpaired) electrons. The summed E-state index contributed by atoms with van der Waals surface area (Å²) in [5.74, 6) is 0. The van der Waals surface area contributed by atoms with Crippen LogP contribution in [0, 0.1) is 5.40 Å². The van der Waals surface area contributed by atoms with Crippen molar-refractivity contribution in [1.29, 1.82) is 5.40 Å². The zero-order valence-electron chi connectivity index (χ0n) is 3.73. The molecule has 0 aromatic heterocycles. The van der Waals surface area contributed by atoms with Gasteiger partial charge in [-0.15, -0.1) is 0 Å². The SMILES string of the molecule is [3H]N=CCC. The standard InChI is InChI=1S/C3H7N/c1-2-3-4/h3-4H,2H2,1H3/i/hT. The van der Waals surface area contributed by atoms with Crippen LogP contribution in [-0.2, 0) is 0 Å². The molecule has 0 fully saturated rings. The molecule has 0 amide bonds. The number of hydrogen-bond donors (Lipinski definition) is 1. The first-order valence-electron chi connectivity index (χ1n) is 1.82. The molecule has 0 unspecified atom stereocenters. The summed E-state index contributed by atoms with van der Waals surface area (Å²) in [4.78, 5) is 0. The highest BCUT2D eigenvalue weighted by molar-refractivity contribution is 5.51. The largest absolute Gasteiger partial charge is 0.313 e. The number of hydrogen-bond acceptors (Lipinski definition) is 1. The molecule has 0 aromatic rings. The van der Waals surface area contributed by atoms with E-state index in [-0.39, 0.29) is 0 Å². The van der Waals surface area contributed by atoms with Crippen LogP contribution in [-0.4, -0.2) is 6.21 Å². The van der Waals surface area contributed by atoms with Crippen molar-refractivity contribution in [2.45, 2.75) is 13.3 Å². The Kier molecular flexibility index (Phi) is 1.30. The van der Waals surface area contributed by atoms with E-state index in [2.05, 4.69) is 5.40 Å². The maximum Gasteiger partial charge on any atom is 0.186 e. The molecule has 0 aliphatic rings. The Bertz CT molecular complexity index is 33.9. The van der Waals surface area contributed by atoms with Crippen molar-refractivity contribution < 1.29 is 1.41 Å². The van der Waals surface area contributed by atoms with Gasteiger partial charge in [0.25, 0.3) is 0 Å². The summed E-state index contributed by atoms with van der Waals surface area (Å²) in [5, 5.41) is 2.98. The van der Waals surface area contributed by atoms with Gasteiger partial charge in [0.15, 0.2) is 1.41 Å². The van der Waals surface area contributed by atoms with Crippen molar-refractivity contribution in [2.24, 2.45) is 0 Å². The molecule has 0 aliphatic carbocycles. The molecule has 1 heteroatoms. The topological polar surface area (TPSA) is 23.9 Å². The van der Waals surface area contributed by atoms with Crippen LogP contribution in [0.1, 0.15) is 13.3 Å². The van der Waals surface area contributed by atoms with Gasteiger partial charge in [0.05, 0.1) is 0 Å². The molecule has 0 spiro atoms. The lowest BCUT2D eigenvalue weighted by Crippen LogP contribution is -1.52. The molecule has 0 aromatic carbocycles. The average Bonchev–Trinajstić information content (AvgIpc) is 1.41. The number of nitrogens with one attached hydrogen (secondary N) is 1. The van der Waals surface area contributed by atoms with E-state index in [4.69, 9.17) is 1.41 Å². The molecule has 0 bridgehead atoms. The monoisotopic (exact) mass is 59.1 g/mol. The third-order valence-electron chi connectivity index (χ3n) is 0.183. The van der Waals surface area contributed by atoms with Crippen LogP contribution in [0.25, 0.3) is 0 Å². The second-order valence-electron chi connectivity index (χ2n) is 0.591. The molecule has 0 aliphatic heterocycles. The quantitative estimate of drug-likeness (QED) is 0.436. The minimum absolute atomic E-state index is 0.865. The molecule has 4 heavy (non-hydrogen) atoms. The second-order valence-corrected chi connectivity index (χ2v) is 0.591. The molecule has 0 rings (SSSR count). The Morgan fingerprint density at radius 1 is 2.50 bits per heavy atom. The van der Waals surface area contributed by atoms with E-state index < -0.39 is 0 Å². The second kappa shape index (κ2) is 2.67. The Hall–Kier alpha value is -0.330. The summed E-state index contributed by atoms with van der Waals surface area (Å²) in [5.41, 5.74) is 0. The molecule has 0 saturated carbocycles. The number of rotatable bonds is 1. The predicted molar refractivity (Wildman–Crippen MR) is 19.1 cm³/mol. The molecule has 24 valence electrons. The van der Waals surface area contributed by atoms with E-state index in [1.807, 2.05) is 6.92 Å². The molecule has 0 saturated heterocycles. The van der Waals surface area contributed by atoms with E-state index in [0.717, 1.165) is 6.42 Å². The van der Waals surface area contributed by atoms with E-state index >= 15 is 0 Å². The molecular weight excluding hydrogens is 50.0 g/mol. The van der Waals surface area contributed by atoms with Gasteiger partial charge in [-0.1, -0.05) is 6.92 Å². The third-order valence-corrected chi connectivity index (χ3v) is 0.183. The minimum atomic E-state index is 0.865. The van der Waals surface area contributed by atoms with Crippen molar-refractivity contribution in [2.75, 3.05) is 0 Å². The van der Waals surface area contributed by atoms with Crippen LogP contribution in [0.15, 0.2) is 0 Å². The van der Waals surface area contributed by atoms with Gasteiger partial charge in [0.1, 0.15) is 0 Å². The third kappa shape index (κ3) is 1.67. The van der Waals surface area contributed by atoms with Crippen molar-refractivity contribution in [3.05, 3.63) is 0 Å². The van der Waals surface area contributed by atoms with Gasteiger partial charge < -0.3 is 5.40 Å². The maximum absolute atomic E-state index is 6.17. The zero-order valence-corrected chi connectivity index (χ0v) is 2.73. The van der Waals surface area contributed by atoms with Crippen LogP contribution in [0.5, 0.6) is 0 Å². The summed E-state index contributed by atoms with van der Waals surface area (Å²) < 4.78 is 6.17. The summed E-state index contributed by atoms with van der Waals surface area (Å²) in [7, 11) is 0. The molecular formula is C3H7N. The Morgan fingerprint density at radius 3 is 3.25 bits per heavy atom. The van der Waals surface area contributed by atoms with E-state index in [1.165, 1.54) is 0 Å². The fourth-order valence-corrected chi connectivity index (χ4v) is 0. The van der Waals surface area contributed by atoms with E-state index in [9.17, 15) is 0 Å². The average molecular weight is 59.1 g/mol. The summed E-state index contributed by atoms with van der Waals surface area (Å²) in [6.45, 7) is 1.94. The van der Waals surface area contributed by atoms with E-state index in [1.54, 1.807) is 6.21 Å². The van der Waals surface area contributed by atoms with Crippen molar-refractivity contribution in [1.82, 2.24) is 0 Å². The summed E-state index contributed by atoms with van der Waals surface area (Å²) >= 11 is 0. The van der Waals surface area contributed by atoms with Crippen molar-refractivity contribution >= 4 is 6.21 Å². The lowest BCUT2D eigenvalue weighted by Gasteiger charge is -1.56. The Morgan fingerprint density at radius 2 is 3.25 bits per heavy atom. The first-order chi connectivity index (χ1) is 2.41. The maximum atomic E-state index is 6.17. The predicted octanol–water partition coefficient (Wildman–Crippen LogP) is 1.05. The summed E-state index contributed by atoms with van der Waals surface area (Å²) in [6, 6.07) is 0. The van der Waals surface area contributed by atoms with Crippen molar-refractivity contribution in [3.8, 4) is 0 Å². The van der Waals surface area contributed by atoms with Gasteiger partial charge in [0, 0.05) is 0 Å². The van der Waals surface area contributed by atoms with Crippen LogP contribution < -0.4 is 0 Å².